The molecule has 1 aromatic heterocycles. The van der Waals surface area contributed by atoms with E-state index in [2.05, 4.69) is 0 Å². The van der Waals surface area contributed by atoms with Crippen LogP contribution in [0.2, 0.25) is 0 Å². The molecule has 0 amide bonds. The Morgan fingerprint density at radius 1 is 0.692 bits per heavy atom. The molecule has 4 aromatic rings. The molecule has 4 nitrogen and oxygen atoms in total. The van der Waals surface area contributed by atoms with E-state index in [1.54, 1.807) is 18.2 Å². The average molecular weight is 341 g/mol. The van der Waals surface area contributed by atoms with E-state index >= 15 is 0 Å². The largest absolute Gasteiger partial charge is 0.455 e. The maximum Gasteiger partial charge on any atom is 0.277 e. The quantitative estimate of drug-likeness (QED) is 0.328. The number of nitro groups is 1. The second-order valence-corrected chi connectivity index (χ2v) is 5.86. The molecule has 126 valence electrons. The Labute approximate surface area is 150 Å². The summed E-state index contributed by atoms with van der Waals surface area (Å²) in [4.78, 5) is 11.1. The third-order valence-corrected chi connectivity index (χ3v) is 4.22. The minimum atomic E-state index is -0.362. The van der Waals surface area contributed by atoms with Gasteiger partial charge in [-0.25, -0.2) is 0 Å². The van der Waals surface area contributed by atoms with Gasteiger partial charge in [-0.1, -0.05) is 72.8 Å². The fraction of sp³-hybridized carbons (Fsp3) is 0. The van der Waals surface area contributed by atoms with Crippen molar-refractivity contribution < 1.29 is 9.34 Å². The van der Waals surface area contributed by atoms with E-state index < -0.39 is 0 Å². The molecule has 3 aromatic carbocycles. The Kier molecular flexibility index (Phi) is 4.07. The second-order valence-electron chi connectivity index (χ2n) is 5.86. The lowest BCUT2D eigenvalue weighted by Crippen LogP contribution is -1.91. The zero-order valence-corrected chi connectivity index (χ0v) is 13.8. The van der Waals surface area contributed by atoms with E-state index in [4.69, 9.17) is 4.42 Å². The predicted octanol–water partition coefficient (Wildman–Crippen LogP) is 6.19. The number of nitro benzene ring substituents is 1. The third-order valence-electron chi connectivity index (χ3n) is 4.22. The number of benzene rings is 3. The smallest absolute Gasteiger partial charge is 0.277 e. The van der Waals surface area contributed by atoms with Gasteiger partial charge in [0.25, 0.3) is 5.69 Å². The van der Waals surface area contributed by atoms with Crippen LogP contribution >= 0.6 is 0 Å². The average Bonchev–Trinajstić information content (AvgIpc) is 3.14. The van der Waals surface area contributed by atoms with Crippen molar-refractivity contribution in [3.05, 3.63) is 101 Å². The van der Waals surface area contributed by atoms with Gasteiger partial charge >= 0.3 is 0 Å². The zero-order valence-electron chi connectivity index (χ0n) is 13.8. The summed E-state index contributed by atoms with van der Waals surface area (Å²) >= 11 is 0. The molecule has 0 fully saturated rings. The lowest BCUT2D eigenvalue weighted by molar-refractivity contribution is -0.384. The minimum absolute atomic E-state index is 0.0603. The van der Waals surface area contributed by atoms with E-state index in [9.17, 15) is 10.1 Å². The van der Waals surface area contributed by atoms with E-state index in [0.717, 1.165) is 11.1 Å². The van der Waals surface area contributed by atoms with Gasteiger partial charge in [0, 0.05) is 22.8 Å². The van der Waals surface area contributed by atoms with E-state index in [1.165, 1.54) is 6.07 Å². The van der Waals surface area contributed by atoms with Crippen molar-refractivity contribution >= 4 is 5.69 Å². The highest BCUT2D eigenvalue weighted by Crippen LogP contribution is 2.41. The monoisotopic (exact) mass is 341 g/mol. The van der Waals surface area contributed by atoms with Gasteiger partial charge in [-0.15, -0.1) is 0 Å². The van der Waals surface area contributed by atoms with Crippen LogP contribution in [0.3, 0.4) is 0 Å². The first kappa shape index (κ1) is 15.8. The first-order valence-electron chi connectivity index (χ1n) is 8.22. The van der Waals surface area contributed by atoms with Crippen LogP contribution in [0.5, 0.6) is 0 Å². The first-order chi connectivity index (χ1) is 12.7. The molecule has 0 saturated carbocycles. The van der Waals surface area contributed by atoms with Crippen LogP contribution < -0.4 is 0 Å². The summed E-state index contributed by atoms with van der Waals surface area (Å²) in [6.07, 6.45) is 0. The summed E-state index contributed by atoms with van der Waals surface area (Å²) in [5.74, 6) is 1.30. The Morgan fingerprint density at radius 3 is 1.92 bits per heavy atom. The van der Waals surface area contributed by atoms with E-state index in [0.29, 0.717) is 22.6 Å². The molecular weight excluding hydrogens is 326 g/mol. The zero-order chi connectivity index (χ0) is 17.9. The van der Waals surface area contributed by atoms with Crippen molar-refractivity contribution in [1.82, 2.24) is 0 Å². The maximum atomic E-state index is 11.5. The molecule has 0 saturated heterocycles. The Bertz CT molecular complexity index is 1050. The number of hydrogen-bond donors (Lipinski definition) is 0. The van der Waals surface area contributed by atoms with Crippen molar-refractivity contribution in [3.63, 3.8) is 0 Å². The molecule has 26 heavy (non-hydrogen) atoms. The maximum absolute atomic E-state index is 11.5. The van der Waals surface area contributed by atoms with Crippen LogP contribution in [0.1, 0.15) is 0 Å². The number of para-hydroxylation sites is 1. The molecule has 0 aliphatic carbocycles. The van der Waals surface area contributed by atoms with Gasteiger partial charge in [-0.3, -0.25) is 10.1 Å². The molecule has 0 spiro atoms. The third kappa shape index (κ3) is 2.89. The topological polar surface area (TPSA) is 56.3 Å². The van der Waals surface area contributed by atoms with E-state index in [-0.39, 0.29) is 10.6 Å². The van der Waals surface area contributed by atoms with Crippen LogP contribution in [-0.4, -0.2) is 4.92 Å². The standard InChI is InChI=1S/C22H15NO3/c24-23(25)20-14-8-7-13-18(20)19-15-21(16-9-3-1-4-10-16)26-22(19)17-11-5-2-6-12-17/h1-15H. The molecule has 4 rings (SSSR count). The summed E-state index contributed by atoms with van der Waals surface area (Å²) in [6, 6.07) is 28.0. The summed E-state index contributed by atoms with van der Waals surface area (Å²) in [7, 11) is 0. The Hall–Kier alpha value is -3.66. The summed E-state index contributed by atoms with van der Waals surface area (Å²) in [5.41, 5.74) is 3.12. The number of hydrogen-bond acceptors (Lipinski definition) is 3. The molecule has 0 N–H and O–H groups in total. The van der Waals surface area contributed by atoms with Gasteiger partial charge in [-0.05, 0) is 12.1 Å². The molecule has 0 unspecified atom stereocenters. The molecule has 0 atom stereocenters. The molecule has 1 heterocycles. The van der Waals surface area contributed by atoms with Crippen LogP contribution in [0.25, 0.3) is 33.8 Å². The lowest BCUT2D eigenvalue weighted by atomic mass is 10.00. The number of rotatable bonds is 4. The minimum Gasteiger partial charge on any atom is -0.455 e. The van der Waals surface area contributed by atoms with Crippen LogP contribution in [0.15, 0.2) is 95.4 Å². The molecule has 0 bridgehead atoms. The van der Waals surface area contributed by atoms with E-state index in [1.807, 2.05) is 66.7 Å². The lowest BCUT2D eigenvalue weighted by Gasteiger charge is -2.04. The van der Waals surface area contributed by atoms with Crippen LogP contribution in [-0.2, 0) is 0 Å². The highest BCUT2D eigenvalue weighted by atomic mass is 16.6. The molecule has 0 aliphatic rings. The van der Waals surface area contributed by atoms with Gasteiger partial charge < -0.3 is 4.42 Å². The molecular formula is C22H15NO3. The summed E-state index contributed by atoms with van der Waals surface area (Å²) in [5, 5.41) is 11.5. The molecule has 4 heteroatoms. The highest BCUT2D eigenvalue weighted by molar-refractivity contribution is 5.87. The first-order valence-corrected chi connectivity index (χ1v) is 8.22. The fourth-order valence-electron chi connectivity index (χ4n) is 3.00. The summed E-state index contributed by atoms with van der Waals surface area (Å²) < 4.78 is 6.15. The normalized spacial score (nSPS) is 10.6. The highest BCUT2D eigenvalue weighted by Gasteiger charge is 2.22. The van der Waals surface area contributed by atoms with Crippen molar-refractivity contribution in [2.75, 3.05) is 0 Å². The number of nitrogens with zero attached hydrogens (tertiary/aromatic N) is 1. The van der Waals surface area contributed by atoms with Crippen molar-refractivity contribution in [2.24, 2.45) is 0 Å². The van der Waals surface area contributed by atoms with Crippen molar-refractivity contribution in [2.45, 2.75) is 0 Å². The molecule has 0 radical (unpaired) electrons. The fourth-order valence-corrected chi connectivity index (χ4v) is 3.00. The predicted molar refractivity (Wildman–Crippen MR) is 102 cm³/mol. The Morgan fingerprint density at radius 2 is 1.27 bits per heavy atom. The van der Waals surface area contributed by atoms with Gasteiger partial charge in [-0.2, -0.15) is 0 Å². The molecule has 0 aliphatic heterocycles. The van der Waals surface area contributed by atoms with Gasteiger partial charge in [0.15, 0.2) is 0 Å². The van der Waals surface area contributed by atoms with Crippen molar-refractivity contribution in [3.8, 4) is 33.8 Å². The summed E-state index contributed by atoms with van der Waals surface area (Å²) in [6.45, 7) is 0. The van der Waals surface area contributed by atoms with Gasteiger partial charge in [0.05, 0.1) is 10.5 Å². The van der Waals surface area contributed by atoms with Crippen LogP contribution in [0, 0.1) is 10.1 Å². The van der Waals surface area contributed by atoms with Gasteiger partial charge in [0.2, 0.25) is 0 Å². The van der Waals surface area contributed by atoms with Crippen molar-refractivity contribution in [1.29, 1.82) is 0 Å². The number of furan rings is 1. The second kappa shape index (κ2) is 6.69. The SMILES string of the molecule is O=[N+]([O-])c1ccccc1-c1cc(-c2ccccc2)oc1-c1ccccc1. The Balaban J connectivity index is 1.97. The van der Waals surface area contributed by atoms with Gasteiger partial charge in [0.1, 0.15) is 11.5 Å². The van der Waals surface area contributed by atoms with Crippen LogP contribution in [0.4, 0.5) is 5.69 Å².